The van der Waals surface area contributed by atoms with Crippen molar-refractivity contribution >= 4 is 22.4 Å². The van der Waals surface area contributed by atoms with Gasteiger partial charge in [-0.15, -0.1) is 11.3 Å². The Kier molecular flexibility index (Phi) is 4.77. The zero-order valence-electron chi connectivity index (χ0n) is 14.1. The highest BCUT2D eigenvalue weighted by Crippen LogP contribution is 2.22. The third kappa shape index (κ3) is 3.81. The summed E-state index contributed by atoms with van der Waals surface area (Å²) in [5.41, 5.74) is 4.16. The van der Waals surface area contributed by atoms with Crippen LogP contribution in [0.1, 0.15) is 27.2 Å². The van der Waals surface area contributed by atoms with Crippen molar-refractivity contribution in [3.05, 3.63) is 82.1 Å². The molecule has 0 spiro atoms. The summed E-state index contributed by atoms with van der Waals surface area (Å²) >= 11 is 1.41. The van der Waals surface area contributed by atoms with Crippen LogP contribution in [0.15, 0.2) is 53.9 Å². The molecule has 0 saturated carbocycles. The molecular formula is C20H18FN3OS. The summed E-state index contributed by atoms with van der Waals surface area (Å²) in [7, 11) is 0. The summed E-state index contributed by atoms with van der Waals surface area (Å²) in [5.74, 6) is -0.640. The lowest BCUT2D eigenvalue weighted by Gasteiger charge is -2.27. The average Bonchev–Trinajstić information content (AvgIpc) is 3.09. The van der Waals surface area contributed by atoms with E-state index in [1.54, 1.807) is 0 Å². The predicted molar refractivity (Wildman–Crippen MR) is 101 cm³/mol. The van der Waals surface area contributed by atoms with Crippen molar-refractivity contribution in [1.29, 1.82) is 0 Å². The average molecular weight is 367 g/mol. The number of rotatable bonds is 4. The first kappa shape index (κ1) is 16.9. The van der Waals surface area contributed by atoms with Crippen molar-refractivity contribution in [2.75, 3.05) is 11.9 Å². The van der Waals surface area contributed by atoms with Crippen molar-refractivity contribution in [2.45, 2.75) is 19.5 Å². The molecule has 3 aromatic rings. The molecule has 2 heterocycles. The van der Waals surface area contributed by atoms with E-state index in [9.17, 15) is 9.18 Å². The SMILES string of the molecule is O=C(Nc1nc(CN2CCc3ccccc3C2)cs1)c1ccc(F)cc1. The second-order valence-electron chi connectivity index (χ2n) is 6.33. The highest BCUT2D eigenvalue weighted by molar-refractivity contribution is 7.13. The van der Waals surface area contributed by atoms with E-state index < -0.39 is 0 Å². The summed E-state index contributed by atoms with van der Waals surface area (Å²) < 4.78 is 12.9. The Morgan fingerprint density at radius 3 is 2.73 bits per heavy atom. The first-order chi connectivity index (χ1) is 12.7. The van der Waals surface area contributed by atoms with Gasteiger partial charge < -0.3 is 0 Å². The van der Waals surface area contributed by atoms with Crippen molar-refractivity contribution in [3.63, 3.8) is 0 Å². The Morgan fingerprint density at radius 2 is 1.92 bits per heavy atom. The summed E-state index contributed by atoms with van der Waals surface area (Å²) in [6.45, 7) is 2.69. The molecule has 0 fully saturated rings. The summed E-state index contributed by atoms with van der Waals surface area (Å²) in [6, 6.07) is 14.0. The molecule has 1 aliphatic heterocycles. The molecule has 26 heavy (non-hydrogen) atoms. The van der Waals surface area contributed by atoms with Gasteiger partial charge in [0.1, 0.15) is 5.82 Å². The molecule has 4 rings (SSSR count). The van der Waals surface area contributed by atoms with E-state index in [1.807, 2.05) is 5.38 Å². The van der Waals surface area contributed by atoms with Gasteiger partial charge in [-0.1, -0.05) is 24.3 Å². The van der Waals surface area contributed by atoms with Crippen LogP contribution in [0.4, 0.5) is 9.52 Å². The second-order valence-corrected chi connectivity index (χ2v) is 7.19. The zero-order valence-corrected chi connectivity index (χ0v) is 14.9. The maximum atomic E-state index is 12.9. The standard InChI is InChI=1S/C20H18FN3OS/c21-17-7-5-15(6-8-17)19(25)23-20-22-18(13-26-20)12-24-10-9-14-3-1-2-4-16(14)11-24/h1-8,13H,9-12H2,(H,22,23,25). The van der Waals surface area contributed by atoms with Gasteiger partial charge in [-0.25, -0.2) is 9.37 Å². The van der Waals surface area contributed by atoms with E-state index in [1.165, 1.54) is 46.7 Å². The number of hydrogen-bond acceptors (Lipinski definition) is 4. The fraction of sp³-hybridized carbons (Fsp3) is 0.200. The monoisotopic (exact) mass is 367 g/mol. The fourth-order valence-electron chi connectivity index (χ4n) is 3.13. The van der Waals surface area contributed by atoms with E-state index >= 15 is 0 Å². The van der Waals surface area contributed by atoms with Crippen molar-refractivity contribution in [1.82, 2.24) is 9.88 Å². The van der Waals surface area contributed by atoms with Gasteiger partial charge >= 0.3 is 0 Å². The van der Waals surface area contributed by atoms with Gasteiger partial charge in [0.2, 0.25) is 0 Å². The summed E-state index contributed by atoms with van der Waals surface area (Å²) in [5, 5.41) is 5.31. The molecule has 1 aliphatic rings. The van der Waals surface area contributed by atoms with E-state index in [-0.39, 0.29) is 11.7 Å². The van der Waals surface area contributed by atoms with E-state index in [2.05, 4.69) is 39.5 Å². The first-order valence-corrected chi connectivity index (χ1v) is 9.36. The number of carbonyl (C=O) groups excluding carboxylic acids is 1. The summed E-state index contributed by atoms with van der Waals surface area (Å²) in [4.78, 5) is 19.1. The largest absolute Gasteiger partial charge is 0.298 e. The van der Waals surface area contributed by atoms with E-state index in [4.69, 9.17) is 0 Å². The highest BCUT2D eigenvalue weighted by Gasteiger charge is 2.17. The van der Waals surface area contributed by atoms with Crippen LogP contribution < -0.4 is 5.32 Å². The molecule has 0 unspecified atom stereocenters. The molecule has 0 aliphatic carbocycles. The zero-order chi connectivity index (χ0) is 17.9. The molecule has 0 atom stereocenters. The fourth-order valence-corrected chi connectivity index (χ4v) is 3.82. The molecule has 2 aromatic carbocycles. The number of anilines is 1. The Hall–Kier alpha value is -2.57. The Bertz CT molecular complexity index is 923. The van der Waals surface area contributed by atoms with Crippen molar-refractivity contribution in [3.8, 4) is 0 Å². The van der Waals surface area contributed by atoms with Gasteiger partial charge in [-0.05, 0) is 41.8 Å². The van der Waals surface area contributed by atoms with Gasteiger partial charge in [-0.2, -0.15) is 0 Å². The van der Waals surface area contributed by atoms with Crippen LogP contribution in [-0.4, -0.2) is 22.3 Å². The van der Waals surface area contributed by atoms with E-state index in [0.717, 1.165) is 31.7 Å². The van der Waals surface area contributed by atoms with Crippen molar-refractivity contribution in [2.24, 2.45) is 0 Å². The van der Waals surface area contributed by atoms with Crippen molar-refractivity contribution < 1.29 is 9.18 Å². The van der Waals surface area contributed by atoms with Crippen LogP contribution in [0.3, 0.4) is 0 Å². The molecule has 4 nitrogen and oxygen atoms in total. The second kappa shape index (κ2) is 7.35. The van der Waals surface area contributed by atoms with Gasteiger partial charge in [0.15, 0.2) is 5.13 Å². The lowest BCUT2D eigenvalue weighted by molar-refractivity contribution is 0.102. The van der Waals surface area contributed by atoms with E-state index in [0.29, 0.717) is 10.7 Å². The maximum absolute atomic E-state index is 12.9. The van der Waals surface area contributed by atoms with Crippen LogP contribution >= 0.6 is 11.3 Å². The summed E-state index contributed by atoms with van der Waals surface area (Å²) in [6.07, 6.45) is 1.05. The van der Waals surface area contributed by atoms with Crippen LogP contribution in [0.2, 0.25) is 0 Å². The Balaban J connectivity index is 1.38. The van der Waals surface area contributed by atoms with Gasteiger partial charge in [0, 0.05) is 30.6 Å². The number of amides is 1. The highest BCUT2D eigenvalue weighted by atomic mass is 32.1. The normalized spacial score (nSPS) is 14.0. The van der Waals surface area contributed by atoms with Gasteiger partial charge in [-0.3, -0.25) is 15.0 Å². The number of aromatic nitrogens is 1. The first-order valence-electron chi connectivity index (χ1n) is 8.48. The number of benzene rings is 2. The third-order valence-electron chi connectivity index (χ3n) is 4.47. The number of hydrogen-bond donors (Lipinski definition) is 1. The smallest absolute Gasteiger partial charge is 0.257 e. The number of halogens is 1. The molecule has 1 aromatic heterocycles. The maximum Gasteiger partial charge on any atom is 0.257 e. The van der Waals surface area contributed by atoms with Crippen LogP contribution in [0.25, 0.3) is 0 Å². The third-order valence-corrected chi connectivity index (χ3v) is 5.28. The lowest BCUT2D eigenvalue weighted by Crippen LogP contribution is -2.30. The van der Waals surface area contributed by atoms with Crippen LogP contribution in [0.5, 0.6) is 0 Å². The van der Waals surface area contributed by atoms with Crippen LogP contribution in [0, 0.1) is 5.82 Å². The topological polar surface area (TPSA) is 45.2 Å². The quantitative estimate of drug-likeness (QED) is 0.755. The minimum absolute atomic E-state index is 0.280. The number of carbonyl (C=O) groups is 1. The molecule has 132 valence electrons. The number of fused-ring (bicyclic) bond motifs is 1. The minimum atomic E-state index is -0.360. The molecular weight excluding hydrogens is 349 g/mol. The molecule has 0 radical (unpaired) electrons. The number of nitrogens with one attached hydrogen (secondary N) is 1. The minimum Gasteiger partial charge on any atom is -0.298 e. The Labute approximate surface area is 155 Å². The lowest BCUT2D eigenvalue weighted by atomic mass is 10.00. The number of thiazole rings is 1. The molecule has 0 bridgehead atoms. The molecule has 1 N–H and O–H groups in total. The molecule has 0 saturated heterocycles. The van der Waals surface area contributed by atoms with Crippen LogP contribution in [-0.2, 0) is 19.5 Å². The Morgan fingerprint density at radius 1 is 1.15 bits per heavy atom. The molecule has 1 amide bonds. The molecule has 6 heteroatoms. The number of nitrogens with zero attached hydrogens (tertiary/aromatic N) is 2. The van der Waals surface area contributed by atoms with Gasteiger partial charge in [0.05, 0.1) is 5.69 Å². The van der Waals surface area contributed by atoms with Gasteiger partial charge in [0.25, 0.3) is 5.91 Å². The predicted octanol–water partition coefficient (Wildman–Crippen LogP) is 4.09.